The lowest BCUT2D eigenvalue weighted by molar-refractivity contribution is -0.142. The molecule has 0 aliphatic carbocycles. The van der Waals surface area contributed by atoms with Gasteiger partial charge in [-0.25, -0.2) is 0 Å². The van der Waals surface area contributed by atoms with Crippen molar-refractivity contribution in [3.05, 3.63) is 17.5 Å². The molecule has 0 N–H and O–H groups in total. The molecule has 1 rings (SSSR count). The molecule has 0 atom stereocenters. The Bertz CT molecular complexity index is 362. The Labute approximate surface area is 101 Å². The summed E-state index contributed by atoms with van der Waals surface area (Å²) >= 11 is 0. The molecule has 0 aliphatic heterocycles. The smallest absolute Gasteiger partial charge is 0.275 e. The number of rotatable bonds is 3. The highest BCUT2D eigenvalue weighted by atomic mass is 19.4. The molecule has 0 aliphatic rings. The molecule has 1 heterocycles. The van der Waals surface area contributed by atoms with Crippen LogP contribution in [0.4, 0.5) is 13.2 Å². The van der Waals surface area contributed by atoms with Gasteiger partial charge in [0, 0.05) is 18.8 Å². The van der Waals surface area contributed by atoms with Crippen LogP contribution in [0.1, 0.15) is 52.3 Å². The van der Waals surface area contributed by atoms with Crippen LogP contribution in [0.2, 0.25) is 0 Å². The molecular formula is C12H21F3N2. The minimum atomic E-state index is -4.37. The molecule has 0 unspecified atom stereocenters. The molecule has 0 bridgehead atoms. The van der Waals surface area contributed by atoms with Gasteiger partial charge in [-0.3, -0.25) is 4.68 Å². The van der Waals surface area contributed by atoms with Crippen LogP contribution < -0.4 is 0 Å². The van der Waals surface area contributed by atoms with E-state index in [1.807, 2.05) is 20.8 Å². The van der Waals surface area contributed by atoms with Crippen LogP contribution in [0.15, 0.2) is 6.20 Å². The van der Waals surface area contributed by atoms with Gasteiger partial charge in [-0.2, -0.15) is 18.3 Å². The maximum atomic E-state index is 12.8. The zero-order chi connectivity index (χ0) is 12.6. The number of hydrogen-bond donors (Lipinski definition) is 0. The van der Waals surface area contributed by atoms with Crippen LogP contribution >= 0.6 is 0 Å². The summed E-state index contributed by atoms with van der Waals surface area (Å²) in [5, 5.41) is 3.54. The largest absolute Gasteiger partial charge is 0.435 e. The first-order valence-corrected chi connectivity index (χ1v) is 5.36. The minimum Gasteiger partial charge on any atom is -0.275 e. The summed E-state index contributed by atoms with van der Waals surface area (Å²) in [6.45, 7) is 5.65. The van der Waals surface area contributed by atoms with Crippen molar-refractivity contribution in [2.45, 2.75) is 52.6 Å². The highest BCUT2D eigenvalue weighted by Crippen LogP contribution is 2.39. The fraction of sp³-hybridized carbons (Fsp3) is 0.750. The molecule has 0 fully saturated rings. The van der Waals surface area contributed by atoms with Gasteiger partial charge in [-0.05, 0) is 18.3 Å². The summed E-state index contributed by atoms with van der Waals surface area (Å²) in [6, 6.07) is 0. The zero-order valence-corrected chi connectivity index (χ0v) is 10.0. The Morgan fingerprint density at radius 2 is 1.71 bits per heavy atom. The van der Waals surface area contributed by atoms with Gasteiger partial charge >= 0.3 is 6.18 Å². The summed E-state index contributed by atoms with van der Waals surface area (Å²) in [7, 11) is 1.52. The van der Waals surface area contributed by atoms with Crippen LogP contribution in [0.3, 0.4) is 0 Å². The summed E-state index contributed by atoms with van der Waals surface area (Å²) in [5.74, 6) is 0. The topological polar surface area (TPSA) is 17.8 Å². The lowest BCUT2D eigenvalue weighted by Crippen LogP contribution is -2.23. The van der Waals surface area contributed by atoms with Crippen molar-refractivity contribution in [1.82, 2.24) is 9.78 Å². The third-order valence-electron chi connectivity index (χ3n) is 3.31. The first kappa shape index (κ1) is 16.0. The van der Waals surface area contributed by atoms with Crippen LogP contribution in [-0.4, -0.2) is 9.78 Å². The van der Waals surface area contributed by atoms with Gasteiger partial charge < -0.3 is 0 Å². The molecule has 5 heteroatoms. The molecule has 0 saturated carbocycles. The standard InChI is InChI=1S/C11H17F3N2.CH4/c1-5-10(3,6-2)8-7-16(4)15-9(8)11(12,13)14;/h7H,5-6H2,1-4H3;1H4. The fourth-order valence-electron chi connectivity index (χ4n) is 1.77. The molecule has 1 aromatic rings. The molecule has 0 aromatic carbocycles. The Kier molecular flexibility index (Phi) is 4.80. The molecule has 0 radical (unpaired) electrons. The van der Waals surface area contributed by atoms with Gasteiger partial charge in [-0.15, -0.1) is 0 Å². The van der Waals surface area contributed by atoms with Crippen molar-refractivity contribution >= 4 is 0 Å². The average Bonchev–Trinajstić information content (AvgIpc) is 2.59. The highest BCUT2D eigenvalue weighted by Gasteiger charge is 2.41. The van der Waals surface area contributed by atoms with Crippen molar-refractivity contribution in [1.29, 1.82) is 0 Å². The van der Waals surface area contributed by atoms with Gasteiger partial charge in [0.05, 0.1) is 0 Å². The number of alkyl halides is 3. The van der Waals surface area contributed by atoms with E-state index in [4.69, 9.17) is 0 Å². The van der Waals surface area contributed by atoms with Gasteiger partial charge in [0.25, 0.3) is 0 Å². The molecule has 0 spiro atoms. The second-order valence-corrected chi connectivity index (χ2v) is 4.33. The Morgan fingerprint density at radius 1 is 1.24 bits per heavy atom. The molecule has 17 heavy (non-hydrogen) atoms. The third kappa shape index (κ3) is 3.01. The molecule has 100 valence electrons. The van der Waals surface area contributed by atoms with Gasteiger partial charge in [-0.1, -0.05) is 28.2 Å². The average molecular weight is 250 g/mol. The van der Waals surface area contributed by atoms with Gasteiger partial charge in [0.1, 0.15) is 0 Å². The second kappa shape index (κ2) is 5.10. The molecular weight excluding hydrogens is 229 g/mol. The number of nitrogens with zero attached hydrogens (tertiary/aromatic N) is 2. The lowest BCUT2D eigenvalue weighted by Gasteiger charge is -2.27. The van der Waals surface area contributed by atoms with Crippen molar-refractivity contribution in [2.75, 3.05) is 0 Å². The maximum absolute atomic E-state index is 12.8. The van der Waals surface area contributed by atoms with Gasteiger partial charge in [0.2, 0.25) is 0 Å². The maximum Gasteiger partial charge on any atom is 0.435 e. The fourth-order valence-corrected chi connectivity index (χ4v) is 1.77. The van der Waals surface area contributed by atoms with E-state index in [-0.39, 0.29) is 7.43 Å². The molecule has 0 saturated heterocycles. The molecule has 0 amide bonds. The van der Waals surface area contributed by atoms with Gasteiger partial charge in [0.15, 0.2) is 5.69 Å². The number of aromatic nitrogens is 2. The second-order valence-electron chi connectivity index (χ2n) is 4.33. The zero-order valence-electron chi connectivity index (χ0n) is 10.0. The van der Waals surface area contributed by atoms with Crippen LogP contribution in [0.5, 0.6) is 0 Å². The van der Waals surface area contributed by atoms with Crippen LogP contribution in [0.25, 0.3) is 0 Å². The number of hydrogen-bond acceptors (Lipinski definition) is 1. The molecule has 2 nitrogen and oxygen atoms in total. The summed E-state index contributed by atoms with van der Waals surface area (Å²) in [4.78, 5) is 0. The Hall–Kier alpha value is -1.00. The predicted octanol–water partition coefficient (Wildman–Crippen LogP) is 4.15. The SMILES string of the molecule is C.CCC(C)(CC)c1cn(C)nc1C(F)(F)F. The van der Waals surface area contributed by atoms with Crippen molar-refractivity contribution < 1.29 is 13.2 Å². The molecule has 1 aromatic heterocycles. The minimum absolute atomic E-state index is 0. The number of halogens is 3. The first-order chi connectivity index (χ1) is 7.24. The van der Waals surface area contributed by atoms with Crippen LogP contribution in [0, 0.1) is 0 Å². The van der Waals surface area contributed by atoms with Crippen molar-refractivity contribution in [3.8, 4) is 0 Å². The normalized spacial score (nSPS) is 12.4. The highest BCUT2D eigenvalue weighted by molar-refractivity contribution is 5.28. The van der Waals surface area contributed by atoms with E-state index in [0.717, 1.165) is 0 Å². The van der Waals surface area contributed by atoms with E-state index in [1.165, 1.54) is 17.9 Å². The summed E-state index contributed by atoms with van der Waals surface area (Å²) < 4.78 is 39.6. The van der Waals surface area contributed by atoms with E-state index in [2.05, 4.69) is 5.10 Å². The van der Waals surface area contributed by atoms with Crippen LogP contribution in [-0.2, 0) is 18.6 Å². The van der Waals surface area contributed by atoms with Crippen molar-refractivity contribution in [3.63, 3.8) is 0 Å². The van der Waals surface area contributed by atoms with Crippen molar-refractivity contribution in [2.24, 2.45) is 7.05 Å². The van der Waals surface area contributed by atoms with E-state index >= 15 is 0 Å². The van der Waals surface area contributed by atoms with E-state index in [0.29, 0.717) is 18.4 Å². The monoisotopic (exact) mass is 250 g/mol. The lowest BCUT2D eigenvalue weighted by atomic mass is 9.78. The summed E-state index contributed by atoms with van der Waals surface area (Å²) in [5.41, 5.74) is -0.909. The first-order valence-electron chi connectivity index (χ1n) is 5.36. The Morgan fingerprint density at radius 3 is 2.06 bits per heavy atom. The quantitative estimate of drug-likeness (QED) is 0.787. The van der Waals surface area contributed by atoms with E-state index < -0.39 is 17.3 Å². The number of aryl methyl sites for hydroxylation is 1. The Balaban J connectivity index is 0.00000256. The third-order valence-corrected chi connectivity index (χ3v) is 3.31. The van der Waals surface area contributed by atoms with E-state index in [9.17, 15) is 13.2 Å². The predicted molar refractivity (Wildman–Crippen MR) is 62.9 cm³/mol. The van der Waals surface area contributed by atoms with E-state index in [1.54, 1.807) is 0 Å². The summed E-state index contributed by atoms with van der Waals surface area (Å²) in [6.07, 6.45) is -1.56.